The fourth-order valence-corrected chi connectivity index (χ4v) is 4.05. The molecule has 0 aliphatic carbocycles. The highest BCUT2D eigenvalue weighted by molar-refractivity contribution is 6.10. The Balaban J connectivity index is 1.52. The number of rotatable bonds is 8. The molecule has 9 nitrogen and oxygen atoms in total. The van der Waals surface area contributed by atoms with Crippen molar-refractivity contribution in [2.45, 2.75) is 13.3 Å². The van der Waals surface area contributed by atoms with Gasteiger partial charge in [-0.05, 0) is 54.8 Å². The van der Waals surface area contributed by atoms with Gasteiger partial charge in [0, 0.05) is 6.54 Å². The molecule has 2 heterocycles. The van der Waals surface area contributed by atoms with Gasteiger partial charge in [-0.2, -0.15) is 9.78 Å². The maximum atomic E-state index is 13.3. The van der Waals surface area contributed by atoms with Crippen molar-refractivity contribution in [2.75, 3.05) is 18.9 Å². The van der Waals surface area contributed by atoms with Gasteiger partial charge < -0.3 is 20.9 Å². The maximum absolute atomic E-state index is 13.3. The number of phenolic OH excluding ortho intramolecular Hbond substituents is 1. The number of nitrogens with zero attached hydrogens (tertiary/aromatic N) is 4. The monoisotopic (exact) mass is 494 g/mol. The van der Waals surface area contributed by atoms with Crippen LogP contribution in [0.1, 0.15) is 28.4 Å². The number of hydrogen-bond donors (Lipinski definition) is 3. The zero-order valence-corrected chi connectivity index (χ0v) is 20.3. The summed E-state index contributed by atoms with van der Waals surface area (Å²) in [5, 5.41) is 17.5. The second-order valence-corrected chi connectivity index (χ2v) is 8.35. The van der Waals surface area contributed by atoms with Gasteiger partial charge in [-0.1, -0.05) is 42.5 Å². The Morgan fingerprint density at radius 1 is 1.08 bits per heavy atom. The van der Waals surface area contributed by atoms with Crippen molar-refractivity contribution >= 4 is 40.1 Å². The van der Waals surface area contributed by atoms with E-state index in [0.717, 1.165) is 5.56 Å². The van der Waals surface area contributed by atoms with E-state index in [1.807, 2.05) is 61.5 Å². The van der Waals surface area contributed by atoms with Crippen LogP contribution in [0.4, 0.5) is 5.82 Å². The first-order valence-electron chi connectivity index (χ1n) is 11.9. The smallest absolute Gasteiger partial charge is 0.257 e. The highest BCUT2D eigenvalue weighted by Crippen LogP contribution is 2.29. The third-order valence-corrected chi connectivity index (χ3v) is 5.85. The second-order valence-electron chi connectivity index (χ2n) is 8.35. The van der Waals surface area contributed by atoms with Crippen LogP contribution in [0.3, 0.4) is 0 Å². The number of phenols is 1. The van der Waals surface area contributed by atoms with Crippen molar-refractivity contribution in [3.8, 4) is 11.5 Å². The number of ether oxygens (including phenoxy) is 1. The molecule has 3 aromatic carbocycles. The number of nitrogens with one attached hydrogen (secondary N) is 1. The van der Waals surface area contributed by atoms with Crippen LogP contribution in [0.5, 0.6) is 11.5 Å². The van der Waals surface area contributed by atoms with Crippen LogP contribution in [-0.4, -0.2) is 45.0 Å². The molecule has 9 heteroatoms. The predicted molar refractivity (Wildman–Crippen MR) is 144 cm³/mol. The van der Waals surface area contributed by atoms with Gasteiger partial charge in [-0.3, -0.25) is 4.79 Å². The highest BCUT2D eigenvalue weighted by atomic mass is 16.5. The second kappa shape index (κ2) is 10.4. The third-order valence-electron chi connectivity index (χ3n) is 5.85. The molecule has 0 atom stereocenters. The zero-order chi connectivity index (χ0) is 25.8. The van der Waals surface area contributed by atoms with E-state index < -0.39 is 0 Å². The lowest BCUT2D eigenvalue weighted by atomic mass is 10.1. The van der Waals surface area contributed by atoms with Crippen molar-refractivity contribution < 1.29 is 14.6 Å². The van der Waals surface area contributed by atoms with Crippen LogP contribution in [0.15, 0.2) is 77.9 Å². The third kappa shape index (κ3) is 4.92. The topological polar surface area (TPSA) is 128 Å². The van der Waals surface area contributed by atoms with Crippen LogP contribution in [0.25, 0.3) is 22.2 Å². The summed E-state index contributed by atoms with van der Waals surface area (Å²) < 4.78 is 6.87. The van der Waals surface area contributed by atoms with Gasteiger partial charge in [-0.15, -0.1) is 0 Å². The summed E-state index contributed by atoms with van der Waals surface area (Å²) in [6, 6.07) is 22.2. The van der Waals surface area contributed by atoms with Crippen LogP contribution in [0, 0.1) is 0 Å². The van der Waals surface area contributed by atoms with Gasteiger partial charge >= 0.3 is 0 Å². The largest absolute Gasteiger partial charge is 0.504 e. The molecule has 0 saturated carbocycles. The first-order valence-corrected chi connectivity index (χ1v) is 11.9. The minimum atomic E-state index is -0.347. The van der Waals surface area contributed by atoms with E-state index in [-0.39, 0.29) is 23.0 Å². The minimum absolute atomic E-state index is 0.0386. The first kappa shape index (κ1) is 23.8. The summed E-state index contributed by atoms with van der Waals surface area (Å²) in [6.07, 6.45) is 2.24. The van der Waals surface area contributed by atoms with Gasteiger partial charge in [0.1, 0.15) is 16.9 Å². The van der Waals surface area contributed by atoms with Gasteiger partial charge in [0.2, 0.25) is 0 Å². The number of aromatic nitrogens is 3. The summed E-state index contributed by atoms with van der Waals surface area (Å²) in [5.41, 5.74) is 10.5. The van der Waals surface area contributed by atoms with Crippen LogP contribution >= 0.6 is 0 Å². The number of aromatic hydroxyl groups is 1. The van der Waals surface area contributed by atoms with E-state index in [0.29, 0.717) is 53.1 Å². The number of amides is 1. The molecule has 0 aliphatic heterocycles. The number of fused-ring (bicyclic) bond motifs is 2. The van der Waals surface area contributed by atoms with Crippen molar-refractivity contribution in [3.63, 3.8) is 0 Å². The predicted octanol–water partition coefficient (Wildman–Crippen LogP) is 4.13. The summed E-state index contributed by atoms with van der Waals surface area (Å²) >= 11 is 0. The SMILES string of the molecule is CCOc1cc(/C=N/n2c(N)c(C(=O)NCCc3ccccc3)c3nc4ccccc4nc32)ccc1O. The Kier molecular flexibility index (Phi) is 6.67. The molecule has 0 unspecified atom stereocenters. The van der Waals surface area contributed by atoms with Crippen molar-refractivity contribution in [1.29, 1.82) is 0 Å². The lowest BCUT2D eigenvalue weighted by molar-refractivity contribution is 0.0956. The standard InChI is InChI=1S/C28H26N6O3/c1-2-37-23-16-19(12-13-22(23)35)17-31-34-26(29)24(28(36)30-15-14-18-8-4-3-5-9-18)25-27(34)33-21-11-7-6-10-20(21)32-25/h3-13,16-17,35H,2,14-15,29H2,1H3,(H,30,36)/b31-17+. The first-order chi connectivity index (χ1) is 18.0. The summed E-state index contributed by atoms with van der Waals surface area (Å²) in [4.78, 5) is 22.7. The fraction of sp³-hybridized carbons (Fsp3) is 0.143. The van der Waals surface area contributed by atoms with Crippen molar-refractivity contribution in [3.05, 3.63) is 89.5 Å². The number of carbonyl (C=O) groups excluding carboxylic acids is 1. The number of anilines is 1. The Bertz CT molecular complexity index is 1610. The molecule has 0 fully saturated rings. The molecule has 0 aliphatic rings. The van der Waals surface area contributed by atoms with Gasteiger partial charge in [-0.25, -0.2) is 9.97 Å². The van der Waals surface area contributed by atoms with E-state index >= 15 is 0 Å². The summed E-state index contributed by atoms with van der Waals surface area (Å²) in [7, 11) is 0. The molecule has 186 valence electrons. The van der Waals surface area contributed by atoms with Crippen LogP contribution in [0.2, 0.25) is 0 Å². The average molecular weight is 495 g/mol. The Hall–Kier alpha value is -4.92. The minimum Gasteiger partial charge on any atom is -0.504 e. The Morgan fingerprint density at radius 2 is 1.81 bits per heavy atom. The maximum Gasteiger partial charge on any atom is 0.257 e. The van der Waals surface area contributed by atoms with Crippen molar-refractivity contribution in [2.24, 2.45) is 5.10 Å². The van der Waals surface area contributed by atoms with Gasteiger partial charge in [0.05, 0.1) is 23.9 Å². The molecule has 0 radical (unpaired) electrons. The number of nitrogen functional groups attached to an aromatic ring is 1. The molecule has 1 amide bonds. The van der Waals surface area contributed by atoms with E-state index in [4.69, 9.17) is 20.4 Å². The number of carbonyl (C=O) groups is 1. The highest BCUT2D eigenvalue weighted by Gasteiger charge is 2.24. The zero-order valence-electron chi connectivity index (χ0n) is 20.3. The normalized spacial score (nSPS) is 11.4. The molecular formula is C28H26N6O3. The molecule has 4 N–H and O–H groups in total. The molecule has 5 rings (SSSR count). The molecule has 5 aromatic rings. The van der Waals surface area contributed by atoms with E-state index in [1.165, 1.54) is 10.7 Å². The molecule has 0 saturated heterocycles. The summed E-state index contributed by atoms with van der Waals surface area (Å²) in [5.74, 6) is 0.167. The number of para-hydroxylation sites is 2. The quantitative estimate of drug-likeness (QED) is 0.278. The summed E-state index contributed by atoms with van der Waals surface area (Å²) in [6.45, 7) is 2.68. The Morgan fingerprint density at radius 3 is 2.57 bits per heavy atom. The van der Waals surface area contributed by atoms with E-state index in [1.54, 1.807) is 18.3 Å². The lowest BCUT2D eigenvalue weighted by Crippen LogP contribution is -2.26. The molecular weight excluding hydrogens is 468 g/mol. The van der Waals surface area contributed by atoms with Gasteiger partial charge in [0.25, 0.3) is 5.91 Å². The lowest BCUT2D eigenvalue weighted by Gasteiger charge is -2.06. The van der Waals surface area contributed by atoms with E-state index in [9.17, 15) is 9.90 Å². The van der Waals surface area contributed by atoms with Crippen molar-refractivity contribution in [1.82, 2.24) is 20.0 Å². The number of nitrogens with two attached hydrogens (primary N) is 1. The number of benzene rings is 3. The Labute approximate surface area is 213 Å². The van der Waals surface area contributed by atoms with Crippen LogP contribution < -0.4 is 15.8 Å². The molecule has 0 bridgehead atoms. The number of hydrogen-bond acceptors (Lipinski definition) is 7. The molecule has 2 aromatic heterocycles. The molecule has 37 heavy (non-hydrogen) atoms. The van der Waals surface area contributed by atoms with Gasteiger partial charge in [0.15, 0.2) is 17.1 Å². The average Bonchev–Trinajstić information content (AvgIpc) is 3.18. The van der Waals surface area contributed by atoms with E-state index in [2.05, 4.69) is 10.4 Å². The van der Waals surface area contributed by atoms with Crippen LogP contribution in [-0.2, 0) is 6.42 Å². The fourth-order valence-electron chi connectivity index (χ4n) is 4.05. The molecule has 0 spiro atoms.